The highest BCUT2D eigenvalue weighted by Gasteiger charge is 2.12. The molecule has 0 fully saturated rings. The van der Waals surface area contributed by atoms with Crippen LogP contribution >= 0.6 is 44.1 Å². The predicted molar refractivity (Wildman–Crippen MR) is 81.7 cm³/mol. The van der Waals surface area contributed by atoms with E-state index in [9.17, 15) is 0 Å². The van der Waals surface area contributed by atoms with Crippen molar-refractivity contribution >= 4 is 55.1 Å². The lowest BCUT2D eigenvalue weighted by molar-refractivity contribution is 1.05. The monoisotopic (exact) mass is 383 g/mol. The van der Waals surface area contributed by atoms with Gasteiger partial charge in [-0.1, -0.05) is 6.07 Å². The summed E-state index contributed by atoms with van der Waals surface area (Å²) in [5.41, 5.74) is 2.91. The molecule has 0 aliphatic rings. The first kappa shape index (κ1) is 12.1. The summed E-state index contributed by atoms with van der Waals surface area (Å²) in [5.74, 6) is 0. The Labute approximate surface area is 125 Å². The summed E-state index contributed by atoms with van der Waals surface area (Å²) >= 11 is 12.5. The number of nitrogens with zero attached hydrogens (tertiary/aromatic N) is 2. The molecule has 0 aliphatic carbocycles. The summed E-state index contributed by atoms with van der Waals surface area (Å²) in [6.07, 6.45) is 3.53. The van der Waals surface area contributed by atoms with E-state index in [4.69, 9.17) is 12.2 Å². The van der Waals surface area contributed by atoms with Crippen molar-refractivity contribution in [3.05, 3.63) is 50.4 Å². The molecule has 3 rings (SSSR count). The molecule has 1 aromatic carbocycles. The minimum atomic E-state index is 0.644. The number of hydrogen-bond acceptors (Lipinski definition) is 2. The maximum absolute atomic E-state index is 5.39. The summed E-state index contributed by atoms with van der Waals surface area (Å²) in [6.45, 7) is 0. The van der Waals surface area contributed by atoms with Crippen LogP contribution in [0.5, 0.6) is 0 Å². The number of para-hydroxylation sites is 1. The minimum absolute atomic E-state index is 0.644. The second-order valence-corrected chi connectivity index (χ2v) is 5.82. The van der Waals surface area contributed by atoms with E-state index >= 15 is 0 Å². The molecular weight excluding hydrogens is 378 g/mol. The topological polar surface area (TPSA) is 33.6 Å². The van der Waals surface area contributed by atoms with Crippen LogP contribution in [0.25, 0.3) is 16.7 Å². The minimum Gasteiger partial charge on any atom is -0.329 e. The highest BCUT2D eigenvalue weighted by molar-refractivity contribution is 9.11. The summed E-state index contributed by atoms with van der Waals surface area (Å²) in [4.78, 5) is 7.25. The molecule has 2 heterocycles. The quantitative estimate of drug-likeness (QED) is 0.621. The zero-order valence-electron chi connectivity index (χ0n) is 9.02. The molecule has 2 aromatic heterocycles. The molecule has 0 atom stereocenters. The molecule has 0 spiro atoms. The summed E-state index contributed by atoms with van der Waals surface area (Å²) < 4.78 is 4.59. The van der Waals surface area contributed by atoms with Gasteiger partial charge < -0.3 is 4.98 Å². The fraction of sp³-hybridized carbons (Fsp3) is 0. The van der Waals surface area contributed by atoms with E-state index < -0.39 is 0 Å². The standard InChI is InChI=1S/C12H7Br2N3S/c13-7-2-1-3-8(14)11(7)17-10-4-5-15-6-9(10)16-12(17)18/h1-6H,(H,16,18). The lowest BCUT2D eigenvalue weighted by atomic mass is 10.3. The van der Waals surface area contributed by atoms with Gasteiger partial charge in [0, 0.05) is 15.1 Å². The van der Waals surface area contributed by atoms with Crippen molar-refractivity contribution < 1.29 is 0 Å². The van der Waals surface area contributed by atoms with Gasteiger partial charge >= 0.3 is 0 Å². The van der Waals surface area contributed by atoms with Crippen LogP contribution in [-0.2, 0) is 0 Å². The van der Waals surface area contributed by atoms with Gasteiger partial charge in [0.1, 0.15) is 0 Å². The molecule has 0 bridgehead atoms. The van der Waals surface area contributed by atoms with Crippen LogP contribution in [0.2, 0.25) is 0 Å². The number of rotatable bonds is 1. The van der Waals surface area contributed by atoms with Gasteiger partial charge in [-0.15, -0.1) is 0 Å². The van der Waals surface area contributed by atoms with Crippen LogP contribution in [0.4, 0.5) is 0 Å². The molecule has 0 amide bonds. The maximum Gasteiger partial charge on any atom is 0.182 e. The van der Waals surface area contributed by atoms with Crippen LogP contribution < -0.4 is 0 Å². The van der Waals surface area contributed by atoms with Gasteiger partial charge in [0.2, 0.25) is 0 Å². The third-order valence-corrected chi connectivity index (χ3v) is 4.21. The second-order valence-electron chi connectivity index (χ2n) is 3.73. The SMILES string of the molecule is S=c1[nH]c2cnccc2n1-c1c(Br)cccc1Br. The molecule has 6 heteroatoms. The third kappa shape index (κ3) is 1.84. The number of benzene rings is 1. The van der Waals surface area contributed by atoms with Gasteiger partial charge in [-0.2, -0.15) is 0 Å². The van der Waals surface area contributed by atoms with Gasteiger partial charge in [0.25, 0.3) is 0 Å². The fourth-order valence-corrected chi connectivity index (χ4v) is 3.54. The predicted octanol–water partition coefficient (Wildman–Crippen LogP) is 4.61. The molecule has 0 saturated heterocycles. The Kier molecular flexibility index (Phi) is 3.09. The Bertz CT molecular complexity index is 771. The molecule has 0 aliphatic heterocycles. The first-order valence-electron chi connectivity index (χ1n) is 5.17. The molecule has 0 radical (unpaired) electrons. The number of aromatic nitrogens is 3. The van der Waals surface area contributed by atoms with Crippen molar-refractivity contribution in [2.45, 2.75) is 0 Å². The number of imidazole rings is 1. The maximum atomic E-state index is 5.39. The normalized spacial score (nSPS) is 11.0. The van der Waals surface area contributed by atoms with Crippen molar-refractivity contribution in [1.29, 1.82) is 0 Å². The average Bonchev–Trinajstić information content (AvgIpc) is 2.66. The molecule has 3 nitrogen and oxygen atoms in total. The molecule has 3 aromatic rings. The Balaban J connectivity index is 2.46. The number of pyridine rings is 1. The number of H-pyrrole nitrogens is 1. The van der Waals surface area contributed by atoms with Gasteiger partial charge in [0.05, 0.1) is 22.9 Å². The lowest BCUT2D eigenvalue weighted by Crippen LogP contribution is -1.96. The molecule has 90 valence electrons. The summed E-state index contributed by atoms with van der Waals surface area (Å²) in [6, 6.07) is 7.88. The molecule has 0 unspecified atom stereocenters. The Morgan fingerprint density at radius 3 is 2.61 bits per heavy atom. The van der Waals surface area contributed by atoms with Crippen LogP contribution in [0.15, 0.2) is 45.6 Å². The highest BCUT2D eigenvalue weighted by Crippen LogP contribution is 2.31. The zero-order valence-corrected chi connectivity index (χ0v) is 13.0. The number of hydrogen-bond donors (Lipinski definition) is 1. The van der Waals surface area contributed by atoms with E-state index in [1.807, 2.05) is 28.8 Å². The van der Waals surface area contributed by atoms with Gasteiger partial charge in [-0.3, -0.25) is 9.55 Å². The number of aromatic amines is 1. The van der Waals surface area contributed by atoms with Crippen LogP contribution in [0, 0.1) is 4.77 Å². The van der Waals surface area contributed by atoms with Gasteiger partial charge in [0.15, 0.2) is 4.77 Å². The molecule has 0 saturated carbocycles. The van der Waals surface area contributed by atoms with E-state index in [1.165, 1.54) is 0 Å². The molecular formula is C12H7Br2N3S. The smallest absolute Gasteiger partial charge is 0.182 e. The zero-order chi connectivity index (χ0) is 12.7. The summed E-state index contributed by atoms with van der Waals surface area (Å²) in [5, 5.41) is 0. The van der Waals surface area contributed by atoms with Crippen molar-refractivity contribution in [3.8, 4) is 5.69 Å². The Morgan fingerprint density at radius 1 is 1.17 bits per heavy atom. The number of nitrogens with one attached hydrogen (secondary N) is 1. The van der Waals surface area contributed by atoms with Crippen LogP contribution in [0.1, 0.15) is 0 Å². The van der Waals surface area contributed by atoms with E-state index in [0.717, 1.165) is 25.7 Å². The lowest BCUT2D eigenvalue weighted by Gasteiger charge is -2.09. The first-order chi connectivity index (χ1) is 8.68. The van der Waals surface area contributed by atoms with E-state index in [0.29, 0.717) is 4.77 Å². The first-order valence-corrected chi connectivity index (χ1v) is 7.17. The third-order valence-electron chi connectivity index (χ3n) is 2.64. The van der Waals surface area contributed by atoms with E-state index in [2.05, 4.69) is 41.8 Å². The van der Waals surface area contributed by atoms with Crippen molar-refractivity contribution in [1.82, 2.24) is 14.5 Å². The fourth-order valence-electron chi connectivity index (χ4n) is 1.88. The molecule has 18 heavy (non-hydrogen) atoms. The largest absolute Gasteiger partial charge is 0.329 e. The van der Waals surface area contributed by atoms with Crippen molar-refractivity contribution in [2.24, 2.45) is 0 Å². The van der Waals surface area contributed by atoms with Gasteiger partial charge in [-0.05, 0) is 62.3 Å². The van der Waals surface area contributed by atoms with Crippen LogP contribution in [-0.4, -0.2) is 14.5 Å². The number of fused-ring (bicyclic) bond motifs is 1. The van der Waals surface area contributed by atoms with Crippen LogP contribution in [0.3, 0.4) is 0 Å². The number of halogens is 2. The Morgan fingerprint density at radius 2 is 1.89 bits per heavy atom. The van der Waals surface area contributed by atoms with E-state index in [1.54, 1.807) is 12.4 Å². The van der Waals surface area contributed by atoms with Gasteiger partial charge in [-0.25, -0.2) is 0 Å². The highest BCUT2D eigenvalue weighted by atomic mass is 79.9. The average molecular weight is 385 g/mol. The second kappa shape index (κ2) is 4.60. The van der Waals surface area contributed by atoms with E-state index in [-0.39, 0.29) is 0 Å². The van der Waals surface area contributed by atoms with Crippen molar-refractivity contribution in [3.63, 3.8) is 0 Å². The Hall–Kier alpha value is -0.980. The molecule has 1 N–H and O–H groups in total. The summed E-state index contributed by atoms with van der Waals surface area (Å²) in [7, 11) is 0. The van der Waals surface area contributed by atoms with Crippen molar-refractivity contribution in [2.75, 3.05) is 0 Å².